The average Bonchev–Trinajstić information content (AvgIpc) is 2.57. The van der Waals surface area contributed by atoms with Crippen LogP contribution in [0.25, 0.3) is 0 Å². The molecule has 1 aromatic carbocycles. The van der Waals surface area contributed by atoms with Crippen molar-refractivity contribution in [2.45, 2.75) is 45.3 Å². The number of amides is 1. The molecule has 136 valence electrons. The van der Waals surface area contributed by atoms with Crippen LogP contribution in [0.2, 0.25) is 10.0 Å². The molecule has 0 spiro atoms. The summed E-state index contributed by atoms with van der Waals surface area (Å²) in [7, 11) is 0. The molecule has 2 rings (SSSR count). The molecule has 0 aliphatic carbocycles. The molecule has 0 bridgehead atoms. The third-order valence-electron chi connectivity index (χ3n) is 4.06. The second kappa shape index (κ2) is 10.3. The Balaban J connectivity index is 0.00000288. The van der Waals surface area contributed by atoms with E-state index in [0.29, 0.717) is 15.8 Å². The number of carbonyl (C=O) groups excluding carboxylic acids is 1. The van der Waals surface area contributed by atoms with E-state index in [1.165, 1.54) is 0 Å². The third-order valence-corrected chi connectivity index (χ3v) is 4.87. The van der Waals surface area contributed by atoms with Gasteiger partial charge in [-0.1, -0.05) is 36.2 Å². The summed E-state index contributed by atoms with van der Waals surface area (Å²) in [6.45, 7) is 6.51. The van der Waals surface area contributed by atoms with Gasteiger partial charge in [-0.25, -0.2) is 0 Å². The highest BCUT2D eigenvalue weighted by Crippen LogP contribution is 2.32. The first kappa shape index (κ1) is 21.4. The maximum Gasteiger partial charge on any atom is 0.263 e. The lowest BCUT2D eigenvalue weighted by Crippen LogP contribution is -2.50. The van der Waals surface area contributed by atoms with E-state index in [4.69, 9.17) is 27.9 Å². The summed E-state index contributed by atoms with van der Waals surface area (Å²) < 4.78 is 5.78. The molecule has 24 heavy (non-hydrogen) atoms. The van der Waals surface area contributed by atoms with Crippen LogP contribution in [0, 0.1) is 0 Å². The predicted octanol–water partition coefficient (Wildman–Crippen LogP) is 4.17. The van der Waals surface area contributed by atoms with E-state index < -0.39 is 6.10 Å². The molecule has 0 aromatic heterocycles. The molecule has 1 N–H and O–H groups in total. The molecule has 7 heteroatoms. The topological polar surface area (TPSA) is 41.6 Å². The zero-order valence-electron chi connectivity index (χ0n) is 14.1. The molecule has 1 atom stereocenters. The molecule has 0 radical (unpaired) electrons. The highest BCUT2D eigenvalue weighted by molar-refractivity contribution is 6.42. The van der Waals surface area contributed by atoms with Crippen LogP contribution >= 0.6 is 35.6 Å². The minimum Gasteiger partial charge on any atom is -0.479 e. The van der Waals surface area contributed by atoms with Crippen molar-refractivity contribution in [2.75, 3.05) is 19.6 Å². The molecule has 1 aromatic rings. The quantitative estimate of drug-likeness (QED) is 0.786. The van der Waals surface area contributed by atoms with Crippen LogP contribution in [0.3, 0.4) is 0 Å². The highest BCUT2D eigenvalue weighted by atomic mass is 35.5. The summed E-state index contributed by atoms with van der Waals surface area (Å²) in [6, 6.07) is 5.47. The normalized spacial score (nSPS) is 16.2. The van der Waals surface area contributed by atoms with Gasteiger partial charge in [0.2, 0.25) is 0 Å². The number of nitrogens with one attached hydrogen (secondary N) is 1. The van der Waals surface area contributed by atoms with Gasteiger partial charge < -0.3 is 15.0 Å². The first-order valence-corrected chi connectivity index (χ1v) is 8.92. The SMILES string of the molecule is CCCN(C(=O)C(C)Oc1cccc(Cl)c1Cl)C1CCNCC1.Cl. The van der Waals surface area contributed by atoms with Gasteiger partial charge in [0, 0.05) is 12.6 Å². The Labute approximate surface area is 160 Å². The van der Waals surface area contributed by atoms with E-state index in [0.717, 1.165) is 38.9 Å². The Hall–Kier alpha value is -0.680. The second-order valence-electron chi connectivity index (χ2n) is 5.82. The van der Waals surface area contributed by atoms with Gasteiger partial charge in [0.05, 0.1) is 5.02 Å². The average molecular weight is 396 g/mol. The fourth-order valence-electron chi connectivity index (χ4n) is 2.88. The van der Waals surface area contributed by atoms with Gasteiger partial charge in [-0.05, 0) is 51.4 Å². The van der Waals surface area contributed by atoms with E-state index >= 15 is 0 Å². The van der Waals surface area contributed by atoms with Gasteiger partial charge in [0.1, 0.15) is 10.8 Å². The Bertz CT molecular complexity index is 537. The number of hydrogen-bond acceptors (Lipinski definition) is 3. The van der Waals surface area contributed by atoms with Gasteiger partial charge in [-0.15, -0.1) is 12.4 Å². The summed E-state index contributed by atoms with van der Waals surface area (Å²) in [5.41, 5.74) is 0. The number of halogens is 3. The molecule has 1 heterocycles. The maximum absolute atomic E-state index is 12.8. The van der Waals surface area contributed by atoms with Gasteiger partial charge in [-0.2, -0.15) is 0 Å². The minimum absolute atomic E-state index is 0. The molecule has 1 fully saturated rings. The molecule has 1 amide bonds. The molecule has 4 nitrogen and oxygen atoms in total. The van der Waals surface area contributed by atoms with Crippen LogP contribution in [0.1, 0.15) is 33.1 Å². The van der Waals surface area contributed by atoms with Crippen LogP contribution in [-0.2, 0) is 4.79 Å². The summed E-state index contributed by atoms with van der Waals surface area (Å²) in [5.74, 6) is 0.455. The number of nitrogens with zero attached hydrogens (tertiary/aromatic N) is 1. The Morgan fingerprint density at radius 3 is 2.67 bits per heavy atom. The van der Waals surface area contributed by atoms with E-state index in [1.807, 2.05) is 4.90 Å². The van der Waals surface area contributed by atoms with Crippen LogP contribution in [-0.4, -0.2) is 42.6 Å². The Morgan fingerprint density at radius 1 is 1.38 bits per heavy atom. The summed E-state index contributed by atoms with van der Waals surface area (Å²) in [5, 5.41) is 4.10. The molecule has 1 saturated heterocycles. The van der Waals surface area contributed by atoms with Crippen molar-refractivity contribution in [1.29, 1.82) is 0 Å². The monoisotopic (exact) mass is 394 g/mol. The van der Waals surface area contributed by atoms with Gasteiger partial charge >= 0.3 is 0 Å². The minimum atomic E-state index is -0.590. The zero-order valence-corrected chi connectivity index (χ0v) is 16.4. The van der Waals surface area contributed by atoms with Crippen molar-refractivity contribution in [3.8, 4) is 5.75 Å². The first-order chi connectivity index (χ1) is 11.0. The lowest BCUT2D eigenvalue weighted by atomic mass is 10.0. The van der Waals surface area contributed by atoms with Crippen molar-refractivity contribution in [2.24, 2.45) is 0 Å². The smallest absolute Gasteiger partial charge is 0.263 e. The summed E-state index contributed by atoms with van der Waals surface area (Å²) in [6.07, 6.45) is 2.31. The number of piperidine rings is 1. The number of benzene rings is 1. The maximum atomic E-state index is 12.8. The lowest BCUT2D eigenvalue weighted by molar-refractivity contribution is -0.141. The molecular weight excluding hydrogens is 371 g/mol. The van der Waals surface area contributed by atoms with Crippen LogP contribution in [0.15, 0.2) is 18.2 Å². The molecule has 1 aliphatic rings. The van der Waals surface area contributed by atoms with E-state index in [1.54, 1.807) is 25.1 Å². The first-order valence-electron chi connectivity index (χ1n) is 8.16. The van der Waals surface area contributed by atoms with E-state index in [2.05, 4.69) is 12.2 Å². The Morgan fingerprint density at radius 2 is 2.04 bits per heavy atom. The number of hydrogen-bond donors (Lipinski definition) is 1. The molecular formula is C17H25Cl3N2O2. The van der Waals surface area contributed by atoms with E-state index in [9.17, 15) is 4.79 Å². The standard InChI is InChI=1S/C17H24Cl2N2O2.ClH/c1-3-11-21(13-7-9-20-10-8-13)17(22)12(2)23-15-6-4-5-14(18)16(15)19;/h4-6,12-13,20H,3,7-11H2,1-2H3;1H. The van der Waals surface area contributed by atoms with Crippen molar-refractivity contribution in [3.05, 3.63) is 28.2 Å². The Kier molecular flexibility index (Phi) is 9.21. The van der Waals surface area contributed by atoms with Gasteiger partial charge in [-0.3, -0.25) is 4.79 Å². The summed E-state index contributed by atoms with van der Waals surface area (Å²) in [4.78, 5) is 14.8. The lowest BCUT2D eigenvalue weighted by Gasteiger charge is -2.36. The van der Waals surface area contributed by atoms with Crippen LogP contribution in [0.5, 0.6) is 5.75 Å². The summed E-state index contributed by atoms with van der Waals surface area (Å²) >= 11 is 12.1. The third kappa shape index (κ3) is 5.41. The number of ether oxygens (including phenoxy) is 1. The van der Waals surface area contributed by atoms with Crippen molar-refractivity contribution < 1.29 is 9.53 Å². The molecule has 1 unspecified atom stereocenters. The fourth-order valence-corrected chi connectivity index (χ4v) is 3.22. The van der Waals surface area contributed by atoms with Crippen molar-refractivity contribution >= 4 is 41.5 Å². The zero-order chi connectivity index (χ0) is 16.8. The largest absolute Gasteiger partial charge is 0.479 e. The van der Waals surface area contributed by atoms with Crippen LogP contribution < -0.4 is 10.1 Å². The number of carbonyl (C=O) groups is 1. The number of rotatable bonds is 6. The van der Waals surface area contributed by atoms with E-state index in [-0.39, 0.29) is 24.4 Å². The van der Waals surface area contributed by atoms with Crippen molar-refractivity contribution in [1.82, 2.24) is 10.2 Å². The van der Waals surface area contributed by atoms with Gasteiger partial charge in [0.25, 0.3) is 5.91 Å². The van der Waals surface area contributed by atoms with Crippen molar-refractivity contribution in [3.63, 3.8) is 0 Å². The molecule has 0 saturated carbocycles. The van der Waals surface area contributed by atoms with Crippen LogP contribution in [0.4, 0.5) is 0 Å². The highest BCUT2D eigenvalue weighted by Gasteiger charge is 2.29. The second-order valence-corrected chi connectivity index (χ2v) is 6.61. The fraction of sp³-hybridized carbons (Fsp3) is 0.588. The van der Waals surface area contributed by atoms with Gasteiger partial charge in [0.15, 0.2) is 6.10 Å². The predicted molar refractivity (Wildman–Crippen MR) is 102 cm³/mol. The molecule has 1 aliphatic heterocycles.